The Morgan fingerprint density at radius 2 is 1.93 bits per heavy atom. The molecule has 1 atom stereocenters. The fourth-order valence-electron chi connectivity index (χ4n) is 3.20. The number of nitrogens with zero attached hydrogens (tertiary/aromatic N) is 1. The van der Waals surface area contributed by atoms with Crippen LogP contribution in [-0.4, -0.2) is 41.8 Å². The number of hydrogen-bond donors (Lipinski definition) is 1. The van der Waals surface area contributed by atoms with Crippen LogP contribution in [0.1, 0.15) is 5.56 Å². The Labute approximate surface area is 166 Å². The third-order valence-electron chi connectivity index (χ3n) is 4.57. The van der Waals surface area contributed by atoms with Crippen LogP contribution in [0.3, 0.4) is 0 Å². The molecule has 140 valence electrons. The summed E-state index contributed by atoms with van der Waals surface area (Å²) in [5.41, 5.74) is 2.31. The van der Waals surface area contributed by atoms with Crippen molar-refractivity contribution in [2.75, 3.05) is 30.3 Å². The van der Waals surface area contributed by atoms with Crippen LogP contribution in [0.25, 0.3) is 0 Å². The molecule has 1 N–H and O–H groups in total. The highest BCUT2D eigenvalue weighted by Gasteiger charge is 2.31. The number of carbonyl (C=O) groups excluding carboxylic acids is 2. The number of para-hydroxylation sites is 1. The summed E-state index contributed by atoms with van der Waals surface area (Å²) in [5, 5.41) is 1.73. The van der Waals surface area contributed by atoms with Crippen LogP contribution in [0.5, 0.6) is 5.75 Å². The van der Waals surface area contributed by atoms with Gasteiger partial charge in [0.1, 0.15) is 12.4 Å². The van der Waals surface area contributed by atoms with Gasteiger partial charge < -0.3 is 9.64 Å². The van der Waals surface area contributed by atoms with Crippen molar-refractivity contribution < 1.29 is 14.3 Å². The maximum absolute atomic E-state index is 11.7. The fourth-order valence-corrected chi connectivity index (χ4v) is 5.11. The molecule has 2 aromatic carbocycles. The van der Waals surface area contributed by atoms with Crippen LogP contribution in [0.2, 0.25) is 0 Å². The van der Waals surface area contributed by atoms with Crippen LogP contribution in [0.4, 0.5) is 10.5 Å². The molecule has 1 fully saturated rings. The SMILES string of the molecule is O=C1NC(=O)C(Cc2ccc(OCCN3CCSc4ccccc43)cc2)S1. The Morgan fingerprint density at radius 1 is 1.11 bits per heavy atom. The Kier molecular flexibility index (Phi) is 5.59. The third kappa shape index (κ3) is 4.42. The fraction of sp³-hybridized carbons (Fsp3) is 0.300. The summed E-state index contributed by atoms with van der Waals surface area (Å²) in [6.45, 7) is 2.50. The molecule has 0 bridgehead atoms. The van der Waals surface area contributed by atoms with E-state index in [1.54, 1.807) is 0 Å². The first kappa shape index (κ1) is 18.3. The summed E-state index contributed by atoms with van der Waals surface area (Å²) in [4.78, 5) is 26.6. The molecule has 1 unspecified atom stereocenters. The van der Waals surface area contributed by atoms with Gasteiger partial charge in [-0.05, 0) is 36.2 Å². The van der Waals surface area contributed by atoms with E-state index in [1.165, 1.54) is 10.6 Å². The molecule has 5 nitrogen and oxygen atoms in total. The standard InChI is InChI=1S/C20H20N2O3S2/c23-19-18(27-20(24)21-19)13-14-5-7-15(8-6-14)25-11-9-22-10-12-26-17-4-2-1-3-16(17)22/h1-8,18H,9-13H2,(H,21,23,24). The van der Waals surface area contributed by atoms with Gasteiger partial charge in [-0.3, -0.25) is 14.9 Å². The summed E-state index contributed by atoms with van der Waals surface area (Å²) in [7, 11) is 0. The molecular formula is C20H20N2O3S2. The molecule has 27 heavy (non-hydrogen) atoms. The van der Waals surface area contributed by atoms with Gasteiger partial charge in [0.2, 0.25) is 5.91 Å². The lowest BCUT2D eigenvalue weighted by molar-refractivity contribution is -0.118. The Hall–Kier alpha value is -2.12. The van der Waals surface area contributed by atoms with Crippen molar-refractivity contribution in [2.24, 2.45) is 0 Å². The summed E-state index contributed by atoms with van der Waals surface area (Å²) < 4.78 is 5.90. The molecule has 1 saturated heterocycles. The minimum absolute atomic E-state index is 0.203. The Balaban J connectivity index is 1.28. The summed E-state index contributed by atoms with van der Waals surface area (Å²) in [5.74, 6) is 1.71. The molecule has 0 spiro atoms. The molecule has 0 radical (unpaired) electrons. The van der Waals surface area contributed by atoms with Crippen molar-refractivity contribution in [3.63, 3.8) is 0 Å². The monoisotopic (exact) mass is 400 g/mol. The van der Waals surface area contributed by atoms with Crippen molar-refractivity contribution in [3.8, 4) is 5.75 Å². The zero-order valence-electron chi connectivity index (χ0n) is 14.7. The highest BCUT2D eigenvalue weighted by Crippen LogP contribution is 2.34. The van der Waals surface area contributed by atoms with Crippen molar-refractivity contribution in [1.29, 1.82) is 0 Å². The molecule has 2 aliphatic heterocycles. The van der Waals surface area contributed by atoms with Gasteiger partial charge in [0, 0.05) is 17.2 Å². The smallest absolute Gasteiger partial charge is 0.286 e. The van der Waals surface area contributed by atoms with Crippen LogP contribution >= 0.6 is 23.5 Å². The van der Waals surface area contributed by atoms with Gasteiger partial charge in [-0.25, -0.2) is 0 Å². The first-order chi connectivity index (χ1) is 13.2. The van der Waals surface area contributed by atoms with E-state index in [-0.39, 0.29) is 16.4 Å². The number of amides is 2. The Morgan fingerprint density at radius 3 is 2.70 bits per heavy atom. The Bertz CT molecular complexity index is 841. The zero-order valence-corrected chi connectivity index (χ0v) is 16.4. The predicted octanol–water partition coefficient (Wildman–Crippen LogP) is 3.57. The van der Waals surface area contributed by atoms with E-state index in [1.807, 2.05) is 36.0 Å². The number of fused-ring (bicyclic) bond motifs is 1. The second-order valence-corrected chi connectivity index (χ2v) is 8.70. The first-order valence-corrected chi connectivity index (χ1v) is 10.8. The van der Waals surface area contributed by atoms with Gasteiger partial charge in [0.25, 0.3) is 5.24 Å². The predicted molar refractivity (Wildman–Crippen MR) is 110 cm³/mol. The van der Waals surface area contributed by atoms with Gasteiger partial charge in [0.05, 0.1) is 17.5 Å². The molecule has 4 rings (SSSR count). The lowest BCUT2D eigenvalue weighted by Crippen LogP contribution is -2.33. The average molecular weight is 401 g/mol. The number of rotatable bonds is 6. The van der Waals surface area contributed by atoms with Crippen molar-refractivity contribution in [3.05, 3.63) is 54.1 Å². The molecule has 2 amide bonds. The van der Waals surface area contributed by atoms with Crippen LogP contribution in [0, 0.1) is 0 Å². The maximum Gasteiger partial charge on any atom is 0.286 e. The molecule has 2 aromatic rings. The molecule has 0 aromatic heterocycles. The van der Waals surface area contributed by atoms with Crippen LogP contribution in [0.15, 0.2) is 53.4 Å². The lowest BCUT2D eigenvalue weighted by Gasteiger charge is -2.30. The second kappa shape index (κ2) is 8.27. The van der Waals surface area contributed by atoms with Gasteiger partial charge in [-0.2, -0.15) is 0 Å². The van der Waals surface area contributed by atoms with E-state index in [4.69, 9.17) is 4.74 Å². The van der Waals surface area contributed by atoms with Gasteiger partial charge >= 0.3 is 0 Å². The number of carbonyl (C=O) groups is 2. The van der Waals surface area contributed by atoms with Crippen molar-refractivity contribution in [2.45, 2.75) is 16.6 Å². The molecule has 2 aliphatic rings. The van der Waals surface area contributed by atoms with E-state index in [0.717, 1.165) is 41.9 Å². The molecular weight excluding hydrogens is 380 g/mol. The van der Waals surface area contributed by atoms with E-state index >= 15 is 0 Å². The highest BCUT2D eigenvalue weighted by molar-refractivity contribution is 8.15. The number of ether oxygens (including phenoxy) is 1. The average Bonchev–Trinajstić information content (AvgIpc) is 3.00. The molecule has 0 aliphatic carbocycles. The minimum atomic E-state index is -0.332. The number of benzene rings is 2. The van der Waals surface area contributed by atoms with Crippen LogP contribution in [-0.2, 0) is 11.2 Å². The number of imide groups is 1. The van der Waals surface area contributed by atoms with Crippen molar-refractivity contribution in [1.82, 2.24) is 5.32 Å². The maximum atomic E-state index is 11.7. The van der Waals surface area contributed by atoms with E-state index in [2.05, 4.69) is 34.5 Å². The number of hydrogen-bond acceptors (Lipinski definition) is 6. The normalized spacial score (nSPS) is 19.0. The van der Waals surface area contributed by atoms with E-state index in [9.17, 15) is 9.59 Å². The summed E-state index contributed by atoms with van der Waals surface area (Å²) in [6, 6.07) is 16.3. The number of thioether (sulfide) groups is 2. The van der Waals surface area contributed by atoms with Gasteiger partial charge in [-0.15, -0.1) is 11.8 Å². The quantitative estimate of drug-likeness (QED) is 0.800. The van der Waals surface area contributed by atoms with Crippen LogP contribution < -0.4 is 15.0 Å². The number of nitrogens with one attached hydrogen (secondary N) is 1. The molecule has 0 saturated carbocycles. The largest absolute Gasteiger partial charge is 0.492 e. The first-order valence-electron chi connectivity index (χ1n) is 8.89. The van der Waals surface area contributed by atoms with E-state index in [0.29, 0.717) is 13.0 Å². The summed E-state index contributed by atoms with van der Waals surface area (Å²) in [6.07, 6.45) is 0.546. The van der Waals surface area contributed by atoms with E-state index < -0.39 is 0 Å². The van der Waals surface area contributed by atoms with Crippen molar-refractivity contribution >= 4 is 40.4 Å². The van der Waals surface area contributed by atoms with Gasteiger partial charge in [0.15, 0.2) is 0 Å². The molecule has 2 heterocycles. The minimum Gasteiger partial charge on any atom is -0.492 e. The lowest BCUT2D eigenvalue weighted by atomic mass is 10.1. The summed E-state index contributed by atoms with van der Waals surface area (Å²) >= 11 is 2.96. The topological polar surface area (TPSA) is 58.6 Å². The second-order valence-electron chi connectivity index (χ2n) is 6.38. The third-order valence-corrected chi connectivity index (χ3v) is 6.59. The highest BCUT2D eigenvalue weighted by atomic mass is 32.2. The number of anilines is 1. The molecule has 7 heteroatoms. The van der Waals surface area contributed by atoms with Gasteiger partial charge in [-0.1, -0.05) is 36.0 Å². The zero-order chi connectivity index (χ0) is 18.6.